The zero-order valence-corrected chi connectivity index (χ0v) is 15.6. The van der Waals surface area contributed by atoms with Gasteiger partial charge in [0, 0.05) is 36.9 Å². The summed E-state index contributed by atoms with van der Waals surface area (Å²) < 4.78 is 5.15. The van der Waals surface area contributed by atoms with E-state index < -0.39 is 0 Å². The summed E-state index contributed by atoms with van der Waals surface area (Å²) in [5.74, 6) is 0.870. The molecule has 3 aliphatic rings. The predicted molar refractivity (Wildman–Crippen MR) is 98.7 cm³/mol. The first-order valence-electron chi connectivity index (χ1n) is 9.83. The lowest BCUT2D eigenvalue weighted by Crippen LogP contribution is -2.54. The van der Waals surface area contributed by atoms with Gasteiger partial charge in [-0.2, -0.15) is 0 Å². The van der Waals surface area contributed by atoms with Crippen molar-refractivity contribution in [3.8, 4) is 0 Å². The van der Waals surface area contributed by atoms with Crippen LogP contribution in [0.5, 0.6) is 0 Å². The van der Waals surface area contributed by atoms with Gasteiger partial charge in [0.15, 0.2) is 0 Å². The molecule has 2 saturated heterocycles. The summed E-state index contributed by atoms with van der Waals surface area (Å²) in [5.41, 5.74) is 7.15. The molecule has 1 saturated carbocycles. The highest BCUT2D eigenvalue weighted by Gasteiger charge is 2.51. The summed E-state index contributed by atoms with van der Waals surface area (Å²) in [4.78, 5) is 24.8. The second-order valence-electron chi connectivity index (χ2n) is 8.08. The van der Waals surface area contributed by atoms with Crippen LogP contribution in [0.2, 0.25) is 0 Å². The molecule has 3 heterocycles. The number of anilines is 1. The third-order valence-electron chi connectivity index (χ3n) is 6.46. The molecule has 7 nitrogen and oxygen atoms in total. The summed E-state index contributed by atoms with van der Waals surface area (Å²) in [7, 11) is 0. The van der Waals surface area contributed by atoms with Gasteiger partial charge in [-0.3, -0.25) is 0 Å². The minimum absolute atomic E-state index is 0.141. The number of piperidine rings is 1. The standard InChI is InChI=1S/C19H29N5O2/c1-2-26-18(25)24-10-6-19(13-24)11-15(12-19)23-8-4-14(5-9-23)16-3-7-21-17(20)22-16/h3,7,14-15H,2,4-6,8-13H2,1H3,(H2,20,21,22). The van der Waals surface area contributed by atoms with Gasteiger partial charge in [0.25, 0.3) is 0 Å². The lowest BCUT2D eigenvalue weighted by molar-refractivity contribution is -0.00488. The molecule has 1 amide bonds. The molecule has 0 bridgehead atoms. The molecule has 26 heavy (non-hydrogen) atoms. The Morgan fingerprint density at radius 3 is 2.81 bits per heavy atom. The third-order valence-corrected chi connectivity index (χ3v) is 6.46. The van der Waals surface area contributed by atoms with E-state index >= 15 is 0 Å². The van der Waals surface area contributed by atoms with Crippen molar-refractivity contribution in [3.63, 3.8) is 0 Å². The predicted octanol–water partition coefficient (Wildman–Crippen LogP) is 2.25. The van der Waals surface area contributed by atoms with Crippen LogP contribution in [-0.2, 0) is 4.74 Å². The van der Waals surface area contributed by atoms with Gasteiger partial charge in [0.1, 0.15) is 0 Å². The fourth-order valence-electron chi connectivity index (χ4n) is 5.01. The van der Waals surface area contributed by atoms with E-state index in [1.807, 2.05) is 17.9 Å². The van der Waals surface area contributed by atoms with Crippen molar-refractivity contribution < 1.29 is 9.53 Å². The monoisotopic (exact) mass is 359 g/mol. The zero-order chi connectivity index (χ0) is 18.1. The van der Waals surface area contributed by atoms with E-state index in [4.69, 9.17) is 10.5 Å². The molecule has 0 aromatic carbocycles. The number of amides is 1. The number of nitrogens with zero attached hydrogens (tertiary/aromatic N) is 4. The number of aromatic nitrogens is 2. The summed E-state index contributed by atoms with van der Waals surface area (Å²) >= 11 is 0. The van der Waals surface area contributed by atoms with Gasteiger partial charge >= 0.3 is 6.09 Å². The Labute approximate surface area is 154 Å². The van der Waals surface area contributed by atoms with Crippen molar-refractivity contribution >= 4 is 12.0 Å². The van der Waals surface area contributed by atoms with Crippen LogP contribution in [-0.4, -0.2) is 64.7 Å². The van der Waals surface area contributed by atoms with Gasteiger partial charge in [-0.1, -0.05) is 0 Å². The molecule has 1 spiro atoms. The van der Waals surface area contributed by atoms with Crippen LogP contribution in [0.25, 0.3) is 0 Å². The normalized spacial score (nSPS) is 29.7. The van der Waals surface area contributed by atoms with Gasteiger partial charge in [0.2, 0.25) is 5.95 Å². The van der Waals surface area contributed by atoms with E-state index in [1.54, 1.807) is 6.20 Å². The van der Waals surface area contributed by atoms with Crippen molar-refractivity contribution in [1.29, 1.82) is 0 Å². The topological polar surface area (TPSA) is 84.6 Å². The molecule has 1 aromatic rings. The number of likely N-dealkylation sites (tertiary alicyclic amines) is 2. The summed E-state index contributed by atoms with van der Waals surface area (Å²) in [6.45, 7) is 6.29. The number of carbonyl (C=O) groups excluding carboxylic acids is 1. The van der Waals surface area contributed by atoms with Gasteiger partial charge in [0.05, 0.1) is 6.61 Å². The zero-order valence-electron chi connectivity index (χ0n) is 15.6. The Bertz CT molecular complexity index is 653. The molecule has 1 aromatic heterocycles. The Morgan fingerprint density at radius 1 is 1.35 bits per heavy atom. The van der Waals surface area contributed by atoms with Crippen LogP contribution in [0.3, 0.4) is 0 Å². The minimum Gasteiger partial charge on any atom is -0.450 e. The van der Waals surface area contributed by atoms with Crippen LogP contribution in [0.1, 0.15) is 50.6 Å². The highest BCUT2D eigenvalue weighted by Crippen LogP contribution is 2.50. The number of hydrogen-bond donors (Lipinski definition) is 1. The molecule has 7 heteroatoms. The highest BCUT2D eigenvalue weighted by molar-refractivity contribution is 5.68. The van der Waals surface area contributed by atoms with Gasteiger partial charge in [-0.15, -0.1) is 0 Å². The summed E-state index contributed by atoms with van der Waals surface area (Å²) in [6.07, 6.45) is 7.44. The number of nitrogen functional groups attached to an aromatic ring is 1. The molecule has 1 aliphatic carbocycles. The number of rotatable bonds is 3. The van der Waals surface area contributed by atoms with Crippen molar-refractivity contribution in [2.45, 2.75) is 51.0 Å². The van der Waals surface area contributed by atoms with Crippen molar-refractivity contribution in [3.05, 3.63) is 18.0 Å². The quantitative estimate of drug-likeness (QED) is 0.891. The Morgan fingerprint density at radius 2 is 2.12 bits per heavy atom. The Balaban J connectivity index is 1.25. The van der Waals surface area contributed by atoms with Gasteiger partial charge in [-0.05, 0) is 63.6 Å². The maximum Gasteiger partial charge on any atom is 0.409 e. The number of nitrogens with two attached hydrogens (primary N) is 1. The van der Waals surface area contributed by atoms with E-state index in [2.05, 4.69) is 14.9 Å². The Hall–Kier alpha value is -1.89. The van der Waals surface area contributed by atoms with Crippen LogP contribution in [0.4, 0.5) is 10.7 Å². The molecule has 4 rings (SSSR count). The van der Waals surface area contributed by atoms with Crippen LogP contribution < -0.4 is 5.73 Å². The molecule has 2 aliphatic heterocycles. The van der Waals surface area contributed by atoms with E-state index in [9.17, 15) is 4.79 Å². The van der Waals surface area contributed by atoms with Crippen LogP contribution in [0, 0.1) is 5.41 Å². The van der Waals surface area contributed by atoms with E-state index in [0.29, 0.717) is 29.9 Å². The number of hydrogen-bond acceptors (Lipinski definition) is 6. The van der Waals surface area contributed by atoms with E-state index in [0.717, 1.165) is 51.1 Å². The first kappa shape index (κ1) is 17.5. The SMILES string of the molecule is CCOC(=O)N1CCC2(CC(N3CCC(c4ccnc(N)n4)CC3)C2)C1. The van der Waals surface area contributed by atoms with Crippen LogP contribution >= 0.6 is 0 Å². The first-order valence-corrected chi connectivity index (χ1v) is 9.83. The average Bonchev–Trinajstić information content (AvgIpc) is 3.07. The van der Waals surface area contributed by atoms with Gasteiger partial charge < -0.3 is 20.3 Å². The maximum atomic E-state index is 11.9. The average molecular weight is 359 g/mol. The molecule has 142 valence electrons. The smallest absolute Gasteiger partial charge is 0.409 e. The number of ether oxygens (including phenoxy) is 1. The summed E-state index contributed by atoms with van der Waals surface area (Å²) in [5, 5.41) is 0. The molecular weight excluding hydrogens is 330 g/mol. The summed E-state index contributed by atoms with van der Waals surface area (Å²) in [6, 6.07) is 2.67. The molecule has 0 radical (unpaired) electrons. The third kappa shape index (κ3) is 3.37. The van der Waals surface area contributed by atoms with Crippen molar-refractivity contribution in [1.82, 2.24) is 19.8 Å². The van der Waals surface area contributed by atoms with Crippen molar-refractivity contribution in [2.24, 2.45) is 5.41 Å². The fraction of sp³-hybridized carbons (Fsp3) is 0.737. The molecule has 0 unspecified atom stereocenters. The molecule has 2 N–H and O–H groups in total. The number of carbonyl (C=O) groups is 1. The fourth-order valence-corrected chi connectivity index (χ4v) is 5.01. The highest BCUT2D eigenvalue weighted by atomic mass is 16.6. The first-order chi connectivity index (χ1) is 12.6. The molecular formula is C19H29N5O2. The lowest BCUT2D eigenvalue weighted by Gasteiger charge is -2.51. The van der Waals surface area contributed by atoms with Crippen LogP contribution in [0.15, 0.2) is 12.3 Å². The lowest BCUT2D eigenvalue weighted by atomic mass is 9.64. The largest absolute Gasteiger partial charge is 0.450 e. The molecule has 3 fully saturated rings. The maximum absolute atomic E-state index is 11.9. The van der Waals surface area contributed by atoms with Gasteiger partial charge in [-0.25, -0.2) is 14.8 Å². The minimum atomic E-state index is -0.141. The Kier molecular flexibility index (Phi) is 4.73. The molecule has 0 atom stereocenters. The van der Waals surface area contributed by atoms with E-state index in [-0.39, 0.29) is 6.09 Å². The second kappa shape index (κ2) is 7.02. The second-order valence-corrected chi connectivity index (χ2v) is 8.08. The van der Waals surface area contributed by atoms with Crippen molar-refractivity contribution in [2.75, 3.05) is 38.5 Å². The van der Waals surface area contributed by atoms with E-state index in [1.165, 1.54) is 12.8 Å².